The van der Waals surface area contributed by atoms with E-state index in [2.05, 4.69) is 42.1 Å². The predicted octanol–water partition coefficient (Wildman–Crippen LogP) is 2.81. The Kier molecular flexibility index (Phi) is 2.93. The van der Waals surface area contributed by atoms with Crippen molar-refractivity contribution < 1.29 is 0 Å². The number of hydrogen-bond acceptors (Lipinski definition) is 6. The Labute approximate surface area is 141 Å². The molecule has 0 aliphatic heterocycles. The topological polar surface area (TPSA) is 96.7 Å². The molecule has 5 rings (SSSR count). The van der Waals surface area contributed by atoms with Gasteiger partial charge < -0.3 is 5.32 Å². The van der Waals surface area contributed by atoms with E-state index in [0.29, 0.717) is 5.65 Å². The van der Waals surface area contributed by atoms with Crippen LogP contribution in [0.3, 0.4) is 0 Å². The maximum Gasteiger partial charge on any atom is 0.181 e. The number of aromatic amines is 1. The Morgan fingerprint density at radius 1 is 1.00 bits per heavy atom. The third-order valence-corrected chi connectivity index (χ3v) is 4.01. The average molecular weight is 328 g/mol. The van der Waals surface area contributed by atoms with Gasteiger partial charge in [-0.15, -0.1) is 5.10 Å². The van der Waals surface area contributed by atoms with Crippen molar-refractivity contribution in [2.75, 3.05) is 5.32 Å². The number of hydrogen-bond donors (Lipinski definition) is 2. The van der Waals surface area contributed by atoms with E-state index in [9.17, 15) is 0 Å². The molecule has 0 radical (unpaired) electrons. The molecule has 0 aliphatic carbocycles. The van der Waals surface area contributed by atoms with Crippen molar-refractivity contribution in [1.29, 1.82) is 0 Å². The number of benzene rings is 1. The summed E-state index contributed by atoms with van der Waals surface area (Å²) in [5, 5.41) is 23.6. The normalized spacial score (nSPS) is 11.2. The van der Waals surface area contributed by atoms with Gasteiger partial charge in [0.1, 0.15) is 11.5 Å². The summed E-state index contributed by atoms with van der Waals surface area (Å²) < 4.78 is 1.66. The Morgan fingerprint density at radius 2 is 1.92 bits per heavy atom. The zero-order valence-corrected chi connectivity index (χ0v) is 13.0. The van der Waals surface area contributed by atoms with Crippen molar-refractivity contribution in [2.24, 2.45) is 0 Å². The van der Waals surface area contributed by atoms with Gasteiger partial charge in [-0.05, 0) is 52.9 Å². The summed E-state index contributed by atoms with van der Waals surface area (Å²) in [4.78, 5) is 4.06. The fourth-order valence-corrected chi connectivity index (χ4v) is 2.83. The first-order valence-electron chi connectivity index (χ1n) is 7.71. The predicted molar refractivity (Wildman–Crippen MR) is 93.4 cm³/mol. The summed E-state index contributed by atoms with van der Waals surface area (Å²) >= 11 is 0. The smallest absolute Gasteiger partial charge is 0.181 e. The minimum atomic E-state index is 0.687. The van der Waals surface area contributed by atoms with E-state index in [1.165, 1.54) is 0 Å². The van der Waals surface area contributed by atoms with Crippen LogP contribution in [0.15, 0.2) is 60.9 Å². The van der Waals surface area contributed by atoms with Crippen LogP contribution in [0.5, 0.6) is 0 Å². The van der Waals surface area contributed by atoms with Gasteiger partial charge in [0.15, 0.2) is 5.65 Å². The van der Waals surface area contributed by atoms with Crippen LogP contribution in [0.1, 0.15) is 0 Å². The first kappa shape index (κ1) is 13.6. The SMILES string of the molecule is c1cc(Nc2ccc3[nH]nc(-c4ccncc4)c3c2)n2nnnc2c1. The second-order valence-corrected chi connectivity index (χ2v) is 5.55. The summed E-state index contributed by atoms with van der Waals surface area (Å²) in [6.07, 6.45) is 3.52. The van der Waals surface area contributed by atoms with Gasteiger partial charge >= 0.3 is 0 Å². The van der Waals surface area contributed by atoms with E-state index in [-0.39, 0.29) is 0 Å². The van der Waals surface area contributed by atoms with E-state index >= 15 is 0 Å². The quantitative estimate of drug-likeness (QED) is 0.528. The Morgan fingerprint density at radius 3 is 2.84 bits per heavy atom. The molecule has 4 aromatic heterocycles. The molecule has 0 bridgehead atoms. The first-order valence-corrected chi connectivity index (χ1v) is 7.71. The van der Waals surface area contributed by atoms with Crippen molar-refractivity contribution in [2.45, 2.75) is 0 Å². The maximum absolute atomic E-state index is 4.44. The largest absolute Gasteiger partial charge is 0.340 e. The van der Waals surface area contributed by atoms with E-state index in [1.54, 1.807) is 16.9 Å². The first-order chi connectivity index (χ1) is 12.4. The summed E-state index contributed by atoms with van der Waals surface area (Å²) in [6.45, 7) is 0. The number of pyridine rings is 2. The Balaban J connectivity index is 1.59. The molecule has 8 nitrogen and oxygen atoms in total. The molecular formula is C17H12N8. The van der Waals surface area contributed by atoms with E-state index in [4.69, 9.17) is 0 Å². The number of tetrazole rings is 1. The lowest BCUT2D eigenvalue weighted by molar-refractivity contribution is 0.828. The van der Waals surface area contributed by atoms with Gasteiger partial charge in [0, 0.05) is 29.0 Å². The third-order valence-electron chi connectivity index (χ3n) is 4.01. The number of nitrogens with zero attached hydrogens (tertiary/aromatic N) is 6. The van der Waals surface area contributed by atoms with E-state index < -0.39 is 0 Å². The number of nitrogens with one attached hydrogen (secondary N) is 2. The second kappa shape index (κ2) is 5.38. The Bertz CT molecular complexity index is 1180. The molecular weight excluding hydrogens is 316 g/mol. The zero-order valence-electron chi connectivity index (χ0n) is 13.0. The van der Waals surface area contributed by atoms with Crippen LogP contribution in [-0.2, 0) is 0 Å². The lowest BCUT2D eigenvalue weighted by Crippen LogP contribution is -1.99. The third kappa shape index (κ3) is 2.27. The van der Waals surface area contributed by atoms with Gasteiger partial charge in [-0.2, -0.15) is 9.61 Å². The molecule has 0 aliphatic rings. The summed E-state index contributed by atoms with van der Waals surface area (Å²) in [5.74, 6) is 0.788. The van der Waals surface area contributed by atoms with Crippen LogP contribution >= 0.6 is 0 Å². The number of anilines is 2. The molecule has 0 unspecified atom stereocenters. The fraction of sp³-hybridized carbons (Fsp3) is 0. The maximum atomic E-state index is 4.44. The van der Waals surface area contributed by atoms with Gasteiger partial charge in [0.05, 0.1) is 5.52 Å². The van der Waals surface area contributed by atoms with Gasteiger partial charge in [-0.1, -0.05) is 6.07 Å². The monoisotopic (exact) mass is 328 g/mol. The molecule has 1 aromatic carbocycles. The second-order valence-electron chi connectivity index (χ2n) is 5.55. The number of H-pyrrole nitrogens is 1. The fourth-order valence-electron chi connectivity index (χ4n) is 2.83. The highest BCUT2D eigenvalue weighted by molar-refractivity contribution is 5.95. The molecule has 4 heterocycles. The van der Waals surface area contributed by atoms with Crippen LogP contribution < -0.4 is 5.32 Å². The van der Waals surface area contributed by atoms with Gasteiger partial charge in [0.25, 0.3) is 0 Å². The minimum Gasteiger partial charge on any atom is -0.340 e. The summed E-state index contributed by atoms with van der Waals surface area (Å²) in [7, 11) is 0. The molecule has 25 heavy (non-hydrogen) atoms. The van der Waals surface area contributed by atoms with Crippen LogP contribution in [0, 0.1) is 0 Å². The molecule has 0 saturated carbocycles. The minimum absolute atomic E-state index is 0.687. The summed E-state index contributed by atoms with van der Waals surface area (Å²) in [5.41, 5.74) is 4.49. The lowest BCUT2D eigenvalue weighted by atomic mass is 10.1. The number of rotatable bonds is 3. The molecule has 120 valence electrons. The Hall–Kier alpha value is -3.81. The number of aromatic nitrogens is 7. The van der Waals surface area contributed by atoms with E-state index in [1.807, 2.05) is 42.5 Å². The van der Waals surface area contributed by atoms with Crippen LogP contribution in [-0.4, -0.2) is 35.2 Å². The molecule has 0 spiro atoms. The van der Waals surface area contributed by atoms with Crippen LogP contribution in [0.25, 0.3) is 27.8 Å². The van der Waals surface area contributed by atoms with E-state index in [0.717, 1.165) is 33.7 Å². The molecule has 8 heteroatoms. The van der Waals surface area contributed by atoms with Crippen molar-refractivity contribution in [3.8, 4) is 11.3 Å². The highest BCUT2D eigenvalue weighted by Crippen LogP contribution is 2.29. The standard InChI is InChI=1S/C17H12N8/c1-2-15(25-16(3-1)21-23-24-25)19-12-4-5-14-13(10-12)17(22-20-14)11-6-8-18-9-7-11/h1-10,19H,(H,20,22). The van der Waals surface area contributed by atoms with Crippen molar-refractivity contribution in [1.82, 2.24) is 35.2 Å². The van der Waals surface area contributed by atoms with Crippen LogP contribution in [0.2, 0.25) is 0 Å². The van der Waals surface area contributed by atoms with Gasteiger partial charge in [-0.25, -0.2) is 0 Å². The molecule has 0 amide bonds. The number of fused-ring (bicyclic) bond motifs is 2. The lowest BCUT2D eigenvalue weighted by Gasteiger charge is -2.07. The van der Waals surface area contributed by atoms with Gasteiger partial charge in [0.2, 0.25) is 0 Å². The summed E-state index contributed by atoms with van der Waals surface area (Å²) in [6, 6.07) is 15.6. The molecule has 2 N–H and O–H groups in total. The highest BCUT2D eigenvalue weighted by Gasteiger charge is 2.10. The van der Waals surface area contributed by atoms with Crippen molar-refractivity contribution in [3.63, 3.8) is 0 Å². The molecule has 5 aromatic rings. The zero-order chi connectivity index (χ0) is 16.6. The van der Waals surface area contributed by atoms with Crippen LogP contribution in [0.4, 0.5) is 11.5 Å². The van der Waals surface area contributed by atoms with Crippen molar-refractivity contribution >= 4 is 28.1 Å². The van der Waals surface area contributed by atoms with Crippen molar-refractivity contribution in [3.05, 3.63) is 60.9 Å². The molecule has 0 saturated heterocycles. The molecule has 0 fully saturated rings. The average Bonchev–Trinajstić information content (AvgIpc) is 3.29. The molecule has 0 atom stereocenters. The van der Waals surface area contributed by atoms with Gasteiger partial charge in [-0.3, -0.25) is 10.1 Å². The highest BCUT2D eigenvalue weighted by atomic mass is 15.5.